The topological polar surface area (TPSA) is 84.9 Å². The quantitative estimate of drug-likeness (QED) is 0.412. The van der Waals surface area contributed by atoms with E-state index in [9.17, 15) is 13.2 Å². The van der Waals surface area contributed by atoms with Crippen LogP contribution in [-0.2, 0) is 21.4 Å². The van der Waals surface area contributed by atoms with Crippen molar-refractivity contribution >= 4 is 33.2 Å². The molecule has 3 aromatic rings. The number of methoxy groups -OCH3 is 1. The van der Waals surface area contributed by atoms with Gasteiger partial charge >= 0.3 is 0 Å². The molecule has 3 aromatic carbocycles. The summed E-state index contributed by atoms with van der Waals surface area (Å²) in [4.78, 5) is 13.0. The Morgan fingerprint density at radius 1 is 1.00 bits per heavy atom. The summed E-state index contributed by atoms with van der Waals surface area (Å²) in [5.41, 5.74) is 2.05. The number of hydrogen-bond acceptors (Lipinski definition) is 5. The fraction of sp³-hybridized carbons (Fsp3) is 0.269. The lowest BCUT2D eigenvalue weighted by molar-refractivity contribution is -0.119. The predicted octanol–water partition coefficient (Wildman–Crippen LogP) is 4.96. The first-order valence-corrected chi connectivity index (χ1v) is 12.9. The molecule has 0 radical (unpaired) electrons. The number of rotatable bonds is 10. The van der Waals surface area contributed by atoms with Gasteiger partial charge in [0.1, 0.15) is 6.54 Å². The van der Waals surface area contributed by atoms with Crippen LogP contribution in [0.4, 0.5) is 5.69 Å². The van der Waals surface area contributed by atoms with Crippen LogP contribution >= 0.6 is 11.6 Å². The summed E-state index contributed by atoms with van der Waals surface area (Å²) < 4.78 is 39.0. The third kappa shape index (κ3) is 6.90. The number of nitrogens with zero attached hydrogens (tertiary/aromatic N) is 1. The van der Waals surface area contributed by atoms with Gasteiger partial charge in [-0.2, -0.15) is 0 Å². The number of nitrogens with one attached hydrogen (secondary N) is 1. The van der Waals surface area contributed by atoms with Crippen LogP contribution < -0.4 is 19.1 Å². The zero-order chi connectivity index (χ0) is 25.6. The Morgan fingerprint density at radius 3 is 2.26 bits per heavy atom. The second-order valence-corrected chi connectivity index (χ2v) is 10.5. The number of amides is 1. The van der Waals surface area contributed by atoms with Crippen LogP contribution in [0.2, 0.25) is 5.02 Å². The van der Waals surface area contributed by atoms with Gasteiger partial charge in [-0.3, -0.25) is 9.10 Å². The van der Waals surface area contributed by atoms with E-state index in [0.717, 1.165) is 15.4 Å². The highest BCUT2D eigenvalue weighted by Crippen LogP contribution is 2.29. The normalized spacial score (nSPS) is 11.3. The Balaban J connectivity index is 1.79. The van der Waals surface area contributed by atoms with Crippen molar-refractivity contribution in [1.29, 1.82) is 0 Å². The highest BCUT2D eigenvalue weighted by molar-refractivity contribution is 7.92. The SMILES string of the molecule is COc1cc(CNC(=O)CN(c2ccc(Cl)cc2)S(=O)(=O)c2ccc(C)cc2)ccc1OC(C)C. The number of aryl methyl sites for hydroxylation is 1. The van der Waals surface area contributed by atoms with Crippen molar-refractivity contribution in [2.24, 2.45) is 0 Å². The maximum absolute atomic E-state index is 13.4. The summed E-state index contributed by atoms with van der Waals surface area (Å²) in [5, 5.41) is 3.25. The number of benzene rings is 3. The monoisotopic (exact) mass is 516 g/mol. The molecule has 0 aromatic heterocycles. The summed E-state index contributed by atoms with van der Waals surface area (Å²) >= 11 is 5.99. The van der Waals surface area contributed by atoms with Crippen LogP contribution in [0.5, 0.6) is 11.5 Å². The number of ether oxygens (including phenoxy) is 2. The van der Waals surface area contributed by atoms with Crippen molar-refractivity contribution in [2.45, 2.75) is 38.3 Å². The Labute approximate surface area is 211 Å². The summed E-state index contributed by atoms with van der Waals surface area (Å²) in [5.74, 6) is 0.697. The van der Waals surface area contributed by atoms with Crippen molar-refractivity contribution < 1.29 is 22.7 Å². The van der Waals surface area contributed by atoms with Crippen molar-refractivity contribution in [1.82, 2.24) is 5.32 Å². The summed E-state index contributed by atoms with van der Waals surface area (Å²) in [6.07, 6.45) is -0.0104. The Bertz CT molecular complexity index is 1260. The molecule has 186 valence electrons. The van der Waals surface area contributed by atoms with Gasteiger partial charge in [-0.1, -0.05) is 35.4 Å². The van der Waals surface area contributed by atoms with Crippen LogP contribution in [0.3, 0.4) is 0 Å². The summed E-state index contributed by atoms with van der Waals surface area (Å²) in [7, 11) is -2.45. The Morgan fingerprint density at radius 2 is 1.66 bits per heavy atom. The molecule has 0 saturated heterocycles. The van der Waals surface area contributed by atoms with Crippen LogP contribution in [0.1, 0.15) is 25.0 Å². The fourth-order valence-corrected chi connectivity index (χ4v) is 4.87. The van der Waals surface area contributed by atoms with E-state index in [0.29, 0.717) is 22.2 Å². The summed E-state index contributed by atoms with van der Waals surface area (Å²) in [6, 6.07) is 18.2. The smallest absolute Gasteiger partial charge is 0.264 e. The second-order valence-electron chi connectivity index (χ2n) is 8.23. The van der Waals surface area contributed by atoms with E-state index in [1.807, 2.05) is 26.8 Å². The van der Waals surface area contributed by atoms with Crippen molar-refractivity contribution in [2.75, 3.05) is 18.0 Å². The molecule has 0 fully saturated rings. The van der Waals surface area contributed by atoms with Gasteiger partial charge in [-0.25, -0.2) is 8.42 Å². The van der Waals surface area contributed by atoms with Crippen LogP contribution in [0, 0.1) is 6.92 Å². The van der Waals surface area contributed by atoms with E-state index >= 15 is 0 Å². The van der Waals surface area contributed by atoms with Crippen molar-refractivity contribution in [3.05, 3.63) is 82.9 Å². The van der Waals surface area contributed by atoms with E-state index < -0.39 is 22.5 Å². The van der Waals surface area contributed by atoms with Gasteiger partial charge in [0.15, 0.2) is 11.5 Å². The van der Waals surface area contributed by atoms with Crippen molar-refractivity contribution in [3.63, 3.8) is 0 Å². The molecule has 0 bridgehead atoms. The van der Waals surface area contributed by atoms with E-state index in [4.69, 9.17) is 21.1 Å². The average molecular weight is 517 g/mol. The molecule has 0 aliphatic heterocycles. The van der Waals surface area contributed by atoms with Gasteiger partial charge in [0.25, 0.3) is 10.0 Å². The first kappa shape index (κ1) is 26.4. The Kier molecular flexibility index (Phi) is 8.64. The van der Waals surface area contributed by atoms with Gasteiger partial charge in [0, 0.05) is 11.6 Å². The van der Waals surface area contributed by atoms with Gasteiger partial charge < -0.3 is 14.8 Å². The lowest BCUT2D eigenvalue weighted by Crippen LogP contribution is -2.40. The molecule has 3 rings (SSSR count). The summed E-state index contributed by atoms with van der Waals surface area (Å²) in [6.45, 7) is 5.51. The van der Waals surface area contributed by atoms with E-state index in [-0.39, 0.29) is 17.5 Å². The van der Waals surface area contributed by atoms with E-state index in [2.05, 4.69) is 5.32 Å². The molecule has 0 saturated carbocycles. The van der Waals surface area contributed by atoms with Gasteiger partial charge in [-0.15, -0.1) is 0 Å². The minimum Gasteiger partial charge on any atom is -0.493 e. The molecule has 35 heavy (non-hydrogen) atoms. The number of carbonyl (C=O) groups excluding carboxylic acids is 1. The lowest BCUT2D eigenvalue weighted by Gasteiger charge is -2.24. The molecule has 1 amide bonds. The maximum Gasteiger partial charge on any atom is 0.264 e. The second kappa shape index (κ2) is 11.5. The fourth-order valence-electron chi connectivity index (χ4n) is 3.32. The highest BCUT2D eigenvalue weighted by atomic mass is 35.5. The largest absolute Gasteiger partial charge is 0.493 e. The Hall–Kier alpha value is -3.23. The standard InChI is InChI=1S/C26H29ClN2O5S/c1-18(2)34-24-14-7-20(15-25(24)33-4)16-28-26(30)17-29(22-10-8-21(27)9-11-22)35(31,32)23-12-5-19(3)6-13-23/h5-15,18H,16-17H2,1-4H3,(H,28,30). The van der Waals surface area contributed by atoms with Gasteiger partial charge in [0.2, 0.25) is 5.91 Å². The molecule has 0 aliphatic rings. The minimum absolute atomic E-state index is 0.0104. The van der Waals surface area contributed by atoms with Crippen LogP contribution in [-0.4, -0.2) is 34.1 Å². The van der Waals surface area contributed by atoms with Crippen LogP contribution in [0.25, 0.3) is 0 Å². The molecule has 0 spiro atoms. The zero-order valence-corrected chi connectivity index (χ0v) is 21.7. The molecule has 1 N–H and O–H groups in total. The number of carbonyl (C=O) groups is 1. The van der Waals surface area contributed by atoms with Gasteiger partial charge in [0.05, 0.1) is 23.8 Å². The molecule has 0 unspecified atom stereocenters. The zero-order valence-electron chi connectivity index (χ0n) is 20.1. The first-order valence-electron chi connectivity index (χ1n) is 11.1. The maximum atomic E-state index is 13.4. The highest BCUT2D eigenvalue weighted by Gasteiger charge is 2.27. The average Bonchev–Trinajstić information content (AvgIpc) is 2.82. The third-order valence-electron chi connectivity index (χ3n) is 5.09. The molecule has 9 heteroatoms. The molecular formula is C26H29ClN2O5S. The number of sulfonamides is 1. The number of halogens is 1. The number of anilines is 1. The molecule has 0 heterocycles. The van der Waals surface area contributed by atoms with Crippen LogP contribution in [0.15, 0.2) is 71.6 Å². The van der Waals surface area contributed by atoms with E-state index in [1.54, 1.807) is 55.6 Å². The molecule has 7 nitrogen and oxygen atoms in total. The third-order valence-corrected chi connectivity index (χ3v) is 7.13. The number of hydrogen-bond donors (Lipinski definition) is 1. The van der Waals surface area contributed by atoms with Gasteiger partial charge in [-0.05, 0) is 74.9 Å². The molecule has 0 atom stereocenters. The minimum atomic E-state index is -4.00. The predicted molar refractivity (Wildman–Crippen MR) is 138 cm³/mol. The van der Waals surface area contributed by atoms with E-state index in [1.165, 1.54) is 12.1 Å². The lowest BCUT2D eigenvalue weighted by atomic mass is 10.2. The van der Waals surface area contributed by atoms with Crippen molar-refractivity contribution in [3.8, 4) is 11.5 Å². The molecular weight excluding hydrogens is 488 g/mol. The first-order chi connectivity index (χ1) is 16.6. The molecule has 0 aliphatic carbocycles.